The molecule has 3 nitrogen and oxygen atoms in total. The van der Waals surface area contributed by atoms with E-state index in [1.165, 1.54) is 11.1 Å². The number of halogens is 1. The molecule has 0 aliphatic carbocycles. The fraction of sp³-hybridized carbons (Fsp3) is 0.235. The molecule has 0 bridgehead atoms. The van der Waals surface area contributed by atoms with E-state index in [1.54, 1.807) is 0 Å². The van der Waals surface area contributed by atoms with Crippen LogP contribution >= 0.6 is 12.4 Å². The number of carbonyl (C=O) groups is 1. The van der Waals surface area contributed by atoms with Gasteiger partial charge >= 0.3 is 5.97 Å². The predicted octanol–water partition coefficient (Wildman–Crippen LogP) is 2.87. The largest absolute Gasteiger partial charge is 0.460 e. The zero-order valence-electron chi connectivity index (χ0n) is 11.6. The Kier molecular flexibility index (Phi) is 5.37. The SMILES string of the molecule is Cl.O=C(OCc1ccccc1)C1Cc2ccccc2CN1. The van der Waals surface area contributed by atoms with Crippen molar-refractivity contribution in [1.82, 2.24) is 5.32 Å². The number of fused-ring (bicyclic) bond motifs is 1. The van der Waals surface area contributed by atoms with Crippen molar-refractivity contribution < 1.29 is 9.53 Å². The topological polar surface area (TPSA) is 38.3 Å². The van der Waals surface area contributed by atoms with E-state index < -0.39 is 0 Å². The second kappa shape index (κ2) is 7.25. The number of rotatable bonds is 3. The third kappa shape index (κ3) is 3.84. The lowest BCUT2D eigenvalue weighted by molar-refractivity contribution is -0.147. The standard InChI is InChI=1S/C17H17NO2.ClH/c19-17(20-12-13-6-2-1-3-7-13)16-10-14-8-4-5-9-15(14)11-18-16;/h1-9,16,18H,10-12H2;1H. The van der Waals surface area contributed by atoms with E-state index in [1.807, 2.05) is 42.5 Å². The number of esters is 1. The first kappa shape index (κ1) is 15.5. The van der Waals surface area contributed by atoms with E-state index in [2.05, 4.69) is 17.4 Å². The number of ether oxygens (including phenoxy) is 1. The molecule has 0 radical (unpaired) electrons. The maximum absolute atomic E-state index is 12.1. The first-order valence-corrected chi connectivity index (χ1v) is 6.83. The van der Waals surface area contributed by atoms with Crippen molar-refractivity contribution in [2.75, 3.05) is 0 Å². The summed E-state index contributed by atoms with van der Waals surface area (Å²) < 4.78 is 5.38. The van der Waals surface area contributed by atoms with Crippen LogP contribution in [0.25, 0.3) is 0 Å². The Hall–Kier alpha value is -1.84. The van der Waals surface area contributed by atoms with Crippen LogP contribution in [-0.2, 0) is 29.1 Å². The van der Waals surface area contributed by atoms with Crippen molar-refractivity contribution in [2.45, 2.75) is 25.6 Å². The molecule has 1 unspecified atom stereocenters. The van der Waals surface area contributed by atoms with Crippen LogP contribution in [0.3, 0.4) is 0 Å². The van der Waals surface area contributed by atoms with Gasteiger partial charge in [-0.15, -0.1) is 12.4 Å². The molecule has 2 aromatic carbocycles. The molecule has 0 saturated carbocycles. The number of nitrogens with one attached hydrogen (secondary N) is 1. The zero-order valence-corrected chi connectivity index (χ0v) is 12.4. The van der Waals surface area contributed by atoms with Gasteiger partial charge in [0, 0.05) is 6.54 Å². The lowest BCUT2D eigenvalue weighted by atomic mass is 9.96. The van der Waals surface area contributed by atoms with Crippen LogP contribution in [0.1, 0.15) is 16.7 Å². The highest BCUT2D eigenvalue weighted by Crippen LogP contribution is 2.17. The molecule has 0 saturated heterocycles. The Balaban J connectivity index is 0.00000161. The fourth-order valence-electron chi connectivity index (χ4n) is 2.45. The summed E-state index contributed by atoms with van der Waals surface area (Å²) in [5, 5.41) is 3.24. The molecule has 1 aliphatic rings. The van der Waals surface area contributed by atoms with Crippen LogP contribution in [0.15, 0.2) is 54.6 Å². The smallest absolute Gasteiger partial charge is 0.323 e. The highest BCUT2D eigenvalue weighted by molar-refractivity contribution is 5.85. The summed E-state index contributed by atoms with van der Waals surface area (Å²) in [6.45, 7) is 1.06. The molecule has 21 heavy (non-hydrogen) atoms. The van der Waals surface area contributed by atoms with Gasteiger partial charge < -0.3 is 10.1 Å². The molecule has 0 aromatic heterocycles. The predicted molar refractivity (Wildman–Crippen MR) is 84.3 cm³/mol. The van der Waals surface area contributed by atoms with Gasteiger partial charge in [0.05, 0.1) is 0 Å². The van der Waals surface area contributed by atoms with Crippen molar-refractivity contribution in [2.24, 2.45) is 0 Å². The molecule has 0 fully saturated rings. The first-order chi connectivity index (χ1) is 9.83. The molecule has 0 spiro atoms. The average Bonchev–Trinajstić information content (AvgIpc) is 2.53. The normalized spacial score (nSPS) is 16.5. The van der Waals surface area contributed by atoms with E-state index in [-0.39, 0.29) is 24.4 Å². The van der Waals surface area contributed by atoms with Crippen LogP contribution < -0.4 is 5.32 Å². The van der Waals surface area contributed by atoms with Crippen molar-refractivity contribution in [3.05, 3.63) is 71.3 Å². The van der Waals surface area contributed by atoms with Gasteiger partial charge in [-0.1, -0.05) is 54.6 Å². The first-order valence-electron chi connectivity index (χ1n) is 6.83. The van der Waals surface area contributed by atoms with Crippen molar-refractivity contribution in [3.8, 4) is 0 Å². The molecule has 1 N–H and O–H groups in total. The highest BCUT2D eigenvalue weighted by Gasteiger charge is 2.24. The maximum Gasteiger partial charge on any atom is 0.323 e. The van der Waals surface area contributed by atoms with Gasteiger partial charge in [-0.3, -0.25) is 4.79 Å². The van der Waals surface area contributed by atoms with E-state index in [9.17, 15) is 4.79 Å². The van der Waals surface area contributed by atoms with Gasteiger partial charge in [0.2, 0.25) is 0 Å². The van der Waals surface area contributed by atoms with Crippen LogP contribution in [0.5, 0.6) is 0 Å². The van der Waals surface area contributed by atoms with E-state index in [0.717, 1.165) is 12.1 Å². The number of benzene rings is 2. The Labute approximate surface area is 130 Å². The molecule has 1 atom stereocenters. The van der Waals surface area contributed by atoms with Gasteiger partial charge in [0.15, 0.2) is 0 Å². The summed E-state index contributed by atoms with van der Waals surface area (Å²) >= 11 is 0. The van der Waals surface area contributed by atoms with Gasteiger partial charge in [-0.05, 0) is 23.1 Å². The minimum Gasteiger partial charge on any atom is -0.460 e. The van der Waals surface area contributed by atoms with Gasteiger partial charge in [0.25, 0.3) is 0 Å². The number of carbonyl (C=O) groups excluding carboxylic acids is 1. The van der Waals surface area contributed by atoms with Crippen LogP contribution in [0.4, 0.5) is 0 Å². The molecule has 4 heteroatoms. The van der Waals surface area contributed by atoms with Gasteiger partial charge in [-0.2, -0.15) is 0 Å². The Morgan fingerprint density at radius 3 is 2.48 bits per heavy atom. The molecular weight excluding hydrogens is 286 g/mol. The molecule has 2 aromatic rings. The minimum absolute atomic E-state index is 0. The molecule has 1 heterocycles. The van der Waals surface area contributed by atoms with Crippen molar-refractivity contribution >= 4 is 18.4 Å². The lowest BCUT2D eigenvalue weighted by Gasteiger charge is -2.24. The second-order valence-electron chi connectivity index (χ2n) is 5.00. The van der Waals surface area contributed by atoms with Gasteiger partial charge in [0.1, 0.15) is 12.6 Å². The Bertz CT molecular complexity index is 601. The summed E-state index contributed by atoms with van der Waals surface area (Å²) in [5.74, 6) is -0.177. The third-order valence-electron chi connectivity index (χ3n) is 3.59. The number of hydrogen-bond donors (Lipinski definition) is 1. The number of hydrogen-bond acceptors (Lipinski definition) is 3. The monoisotopic (exact) mass is 303 g/mol. The molecule has 3 rings (SSSR count). The highest BCUT2D eigenvalue weighted by atomic mass is 35.5. The summed E-state index contributed by atoms with van der Waals surface area (Å²) in [7, 11) is 0. The zero-order chi connectivity index (χ0) is 13.8. The van der Waals surface area contributed by atoms with Gasteiger partial charge in [-0.25, -0.2) is 0 Å². The van der Waals surface area contributed by atoms with Crippen molar-refractivity contribution in [1.29, 1.82) is 0 Å². The molecule has 1 aliphatic heterocycles. The van der Waals surface area contributed by atoms with Crippen LogP contribution in [-0.4, -0.2) is 12.0 Å². The summed E-state index contributed by atoms with van der Waals surface area (Å²) in [6, 6.07) is 17.7. The fourth-order valence-corrected chi connectivity index (χ4v) is 2.45. The Morgan fingerprint density at radius 1 is 1.05 bits per heavy atom. The maximum atomic E-state index is 12.1. The molecule has 0 amide bonds. The van der Waals surface area contributed by atoms with Crippen LogP contribution in [0.2, 0.25) is 0 Å². The average molecular weight is 304 g/mol. The lowest BCUT2D eigenvalue weighted by Crippen LogP contribution is -2.42. The van der Waals surface area contributed by atoms with Crippen molar-refractivity contribution in [3.63, 3.8) is 0 Å². The second-order valence-corrected chi connectivity index (χ2v) is 5.00. The summed E-state index contributed by atoms with van der Waals surface area (Å²) in [5.41, 5.74) is 3.50. The van der Waals surface area contributed by atoms with Crippen LogP contribution in [0, 0.1) is 0 Å². The third-order valence-corrected chi connectivity index (χ3v) is 3.59. The van der Waals surface area contributed by atoms with E-state index in [0.29, 0.717) is 13.0 Å². The Morgan fingerprint density at radius 2 is 1.71 bits per heavy atom. The van der Waals surface area contributed by atoms with E-state index in [4.69, 9.17) is 4.74 Å². The minimum atomic E-state index is -0.242. The van der Waals surface area contributed by atoms with E-state index >= 15 is 0 Å². The molecular formula is C17H18ClNO2. The summed E-state index contributed by atoms with van der Waals surface area (Å²) in [6.07, 6.45) is 0.698. The molecule has 110 valence electrons. The summed E-state index contributed by atoms with van der Waals surface area (Å²) in [4.78, 5) is 12.1. The quantitative estimate of drug-likeness (QED) is 0.886.